The highest BCUT2D eigenvalue weighted by atomic mass is 79.9. The predicted molar refractivity (Wildman–Crippen MR) is 111 cm³/mol. The maximum atomic E-state index is 12.9. The number of rotatable bonds is 4. The molecule has 158 valence electrons. The molecule has 0 spiro atoms. The highest BCUT2D eigenvalue weighted by Crippen LogP contribution is 2.36. The average Bonchev–Trinajstić information content (AvgIpc) is 3.14. The molecular formula is C21H19BrF3N3O2. The van der Waals surface area contributed by atoms with Crippen LogP contribution in [0.3, 0.4) is 0 Å². The Morgan fingerprint density at radius 3 is 2.50 bits per heavy atom. The highest BCUT2D eigenvalue weighted by molar-refractivity contribution is 9.10. The smallest absolute Gasteiger partial charge is 0.416 e. The number of benzene rings is 2. The number of hydrogen-bond donors (Lipinski definition) is 1. The first-order chi connectivity index (χ1) is 14.2. The van der Waals surface area contributed by atoms with Crippen molar-refractivity contribution in [2.24, 2.45) is 5.73 Å². The third-order valence-electron chi connectivity index (χ3n) is 5.23. The lowest BCUT2D eigenvalue weighted by Crippen LogP contribution is -2.46. The molecule has 5 nitrogen and oxygen atoms in total. The van der Waals surface area contributed by atoms with Gasteiger partial charge in [-0.05, 0) is 45.8 Å². The van der Waals surface area contributed by atoms with Gasteiger partial charge in [-0.2, -0.15) is 13.2 Å². The summed E-state index contributed by atoms with van der Waals surface area (Å²) in [5.41, 5.74) is 6.87. The Kier molecular flexibility index (Phi) is 5.50. The molecule has 2 heterocycles. The molecule has 1 saturated heterocycles. The summed E-state index contributed by atoms with van der Waals surface area (Å²) in [6.07, 6.45) is -4.33. The number of amides is 1. The number of piperazine rings is 1. The van der Waals surface area contributed by atoms with E-state index in [-0.39, 0.29) is 5.76 Å². The highest BCUT2D eigenvalue weighted by Gasteiger charge is 2.30. The number of halogens is 4. The second-order valence-corrected chi connectivity index (χ2v) is 8.04. The van der Waals surface area contributed by atoms with Crippen LogP contribution in [0.5, 0.6) is 0 Å². The average molecular weight is 482 g/mol. The molecule has 0 radical (unpaired) electrons. The van der Waals surface area contributed by atoms with E-state index in [1.807, 2.05) is 6.07 Å². The lowest BCUT2D eigenvalue weighted by Gasteiger charge is -2.36. The van der Waals surface area contributed by atoms with Crippen molar-refractivity contribution < 1.29 is 22.4 Å². The van der Waals surface area contributed by atoms with Gasteiger partial charge in [0.2, 0.25) is 0 Å². The van der Waals surface area contributed by atoms with E-state index >= 15 is 0 Å². The topological polar surface area (TPSA) is 62.7 Å². The number of nitrogens with two attached hydrogens (primary N) is 1. The number of carbonyl (C=O) groups is 1. The van der Waals surface area contributed by atoms with Crippen LogP contribution < -0.4 is 10.6 Å². The number of alkyl halides is 3. The van der Waals surface area contributed by atoms with Gasteiger partial charge in [0.25, 0.3) is 5.91 Å². The largest absolute Gasteiger partial charge is 0.451 e. The Bertz CT molecular complexity index is 1090. The summed E-state index contributed by atoms with van der Waals surface area (Å²) in [6.45, 7) is 3.37. The van der Waals surface area contributed by atoms with Gasteiger partial charge in [0, 0.05) is 38.1 Å². The van der Waals surface area contributed by atoms with Crippen LogP contribution in [0, 0.1) is 0 Å². The quantitative estimate of drug-likeness (QED) is 0.589. The Balaban J connectivity index is 1.45. The lowest BCUT2D eigenvalue weighted by molar-refractivity contribution is -0.137. The third-order valence-corrected chi connectivity index (χ3v) is 6.06. The van der Waals surface area contributed by atoms with Gasteiger partial charge in [0.05, 0.1) is 15.7 Å². The van der Waals surface area contributed by atoms with E-state index in [2.05, 4.69) is 25.7 Å². The minimum absolute atomic E-state index is 0.105. The lowest BCUT2D eigenvalue weighted by atomic mass is 10.1. The SMILES string of the molecule is NC(=O)c1cc2c(Br)c(N3CCN(Cc4cccc(C(F)(F)F)c4)CC3)ccc2o1. The summed E-state index contributed by atoms with van der Waals surface area (Å²) in [6, 6.07) is 10.8. The number of hydrogen-bond acceptors (Lipinski definition) is 4. The van der Waals surface area contributed by atoms with Crippen molar-refractivity contribution in [2.75, 3.05) is 31.1 Å². The molecule has 1 aliphatic heterocycles. The molecule has 0 saturated carbocycles. The Morgan fingerprint density at radius 1 is 1.10 bits per heavy atom. The van der Waals surface area contributed by atoms with Crippen LogP contribution in [0.4, 0.5) is 18.9 Å². The van der Waals surface area contributed by atoms with E-state index < -0.39 is 17.6 Å². The molecule has 0 aliphatic carbocycles. The van der Waals surface area contributed by atoms with Crippen molar-refractivity contribution in [1.29, 1.82) is 0 Å². The monoisotopic (exact) mass is 481 g/mol. The van der Waals surface area contributed by atoms with Crippen molar-refractivity contribution in [3.63, 3.8) is 0 Å². The Morgan fingerprint density at radius 2 is 1.83 bits per heavy atom. The molecule has 1 aromatic heterocycles. The maximum absolute atomic E-state index is 12.9. The fourth-order valence-corrected chi connectivity index (χ4v) is 4.38. The first-order valence-electron chi connectivity index (χ1n) is 9.37. The summed E-state index contributed by atoms with van der Waals surface area (Å²) < 4.78 is 45.0. The molecule has 4 rings (SSSR count). The molecule has 1 amide bonds. The van der Waals surface area contributed by atoms with Gasteiger partial charge < -0.3 is 15.1 Å². The van der Waals surface area contributed by atoms with Crippen LogP contribution in [0.15, 0.2) is 51.4 Å². The van der Waals surface area contributed by atoms with E-state index in [1.165, 1.54) is 12.1 Å². The third kappa shape index (κ3) is 4.17. The van der Waals surface area contributed by atoms with Crippen molar-refractivity contribution in [1.82, 2.24) is 4.90 Å². The number of furan rings is 1. The van der Waals surface area contributed by atoms with Gasteiger partial charge in [0.1, 0.15) is 5.58 Å². The zero-order valence-corrected chi connectivity index (χ0v) is 17.5. The summed E-state index contributed by atoms with van der Waals surface area (Å²) in [5.74, 6) is -0.517. The summed E-state index contributed by atoms with van der Waals surface area (Å²) in [5, 5.41) is 0.771. The molecule has 0 unspecified atom stereocenters. The standard InChI is InChI=1S/C21H19BrF3N3O2/c22-19-15-11-18(20(26)29)30-17(15)5-4-16(19)28-8-6-27(7-9-28)12-13-2-1-3-14(10-13)21(23,24)25/h1-5,10-11H,6-9,12H2,(H2,26,29). The normalized spacial score (nSPS) is 15.7. The van der Waals surface area contributed by atoms with Crippen LogP contribution in [0.1, 0.15) is 21.7 Å². The van der Waals surface area contributed by atoms with E-state index in [9.17, 15) is 18.0 Å². The van der Waals surface area contributed by atoms with Crippen LogP contribution in [0.2, 0.25) is 0 Å². The maximum Gasteiger partial charge on any atom is 0.416 e. The zero-order valence-electron chi connectivity index (χ0n) is 15.9. The Labute approximate surface area is 179 Å². The van der Waals surface area contributed by atoms with Crippen LogP contribution in [-0.4, -0.2) is 37.0 Å². The molecule has 9 heteroatoms. The van der Waals surface area contributed by atoms with Crippen LogP contribution in [0.25, 0.3) is 11.0 Å². The molecule has 1 aliphatic rings. The van der Waals surface area contributed by atoms with Crippen molar-refractivity contribution in [3.8, 4) is 0 Å². The number of anilines is 1. The summed E-state index contributed by atoms with van der Waals surface area (Å²) in [7, 11) is 0. The minimum atomic E-state index is -4.33. The van der Waals surface area contributed by atoms with Gasteiger partial charge in [-0.15, -0.1) is 0 Å². The molecule has 0 bridgehead atoms. The number of fused-ring (bicyclic) bond motifs is 1. The number of carbonyl (C=O) groups excluding carboxylic acids is 1. The summed E-state index contributed by atoms with van der Waals surface area (Å²) in [4.78, 5) is 15.7. The van der Waals surface area contributed by atoms with Crippen molar-refractivity contribution in [2.45, 2.75) is 12.7 Å². The Hall–Kier alpha value is -2.52. The van der Waals surface area contributed by atoms with Gasteiger partial charge in [-0.1, -0.05) is 18.2 Å². The van der Waals surface area contributed by atoms with E-state index in [4.69, 9.17) is 10.2 Å². The van der Waals surface area contributed by atoms with Gasteiger partial charge in [0.15, 0.2) is 5.76 Å². The molecular weight excluding hydrogens is 463 g/mol. The number of primary amides is 1. The molecule has 30 heavy (non-hydrogen) atoms. The minimum Gasteiger partial charge on any atom is -0.451 e. The molecule has 0 atom stereocenters. The van der Waals surface area contributed by atoms with Crippen LogP contribution >= 0.6 is 15.9 Å². The second kappa shape index (κ2) is 7.96. The van der Waals surface area contributed by atoms with E-state index in [0.717, 1.165) is 47.8 Å². The predicted octanol–water partition coefficient (Wildman–Crippen LogP) is 4.64. The van der Waals surface area contributed by atoms with Crippen molar-refractivity contribution in [3.05, 3.63) is 63.8 Å². The van der Waals surface area contributed by atoms with Gasteiger partial charge >= 0.3 is 6.18 Å². The second-order valence-electron chi connectivity index (χ2n) is 7.25. The molecule has 2 N–H and O–H groups in total. The molecule has 3 aromatic rings. The fourth-order valence-electron chi connectivity index (χ4n) is 3.68. The van der Waals surface area contributed by atoms with E-state index in [1.54, 1.807) is 18.2 Å². The van der Waals surface area contributed by atoms with E-state index in [0.29, 0.717) is 17.7 Å². The fraction of sp³-hybridized carbons (Fsp3) is 0.286. The summed E-state index contributed by atoms with van der Waals surface area (Å²) >= 11 is 3.60. The first-order valence-corrected chi connectivity index (χ1v) is 10.2. The van der Waals surface area contributed by atoms with Crippen molar-refractivity contribution >= 4 is 38.5 Å². The zero-order chi connectivity index (χ0) is 21.5. The number of nitrogens with zero attached hydrogens (tertiary/aromatic N) is 2. The van der Waals surface area contributed by atoms with Gasteiger partial charge in [-0.25, -0.2) is 0 Å². The molecule has 1 fully saturated rings. The first kappa shape index (κ1) is 20.7. The van der Waals surface area contributed by atoms with Crippen LogP contribution in [-0.2, 0) is 12.7 Å². The van der Waals surface area contributed by atoms with Gasteiger partial charge in [-0.3, -0.25) is 9.69 Å². The molecule has 2 aromatic carbocycles.